The summed E-state index contributed by atoms with van der Waals surface area (Å²) < 4.78 is 0. The topological polar surface area (TPSA) is 44.3 Å². The normalized spacial score (nSPS) is 18.8. The molecule has 0 spiro atoms. The fourth-order valence-corrected chi connectivity index (χ4v) is 2.39. The van der Waals surface area contributed by atoms with Gasteiger partial charge >= 0.3 is 0 Å². The molecule has 1 aromatic carbocycles. The van der Waals surface area contributed by atoms with Crippen LogP contribution in [0.15, 0.2) is 30.3 Å². The minimum atomic E-state index is 0.307. The van der Waals surface area contributed by atoms with Gasteiger partial charge in [0.25, 0.3) is 0 Å². The predicted molar refractivity (Wildman–Crippen MR) is 79.5 cm³/mol. The van der Waals surface area contributed by atoms with E-state index in [-0.39, 0.29) is 0 Å². The number of unbranched alkanes of at least 4 members (excludes halogenated alkanes) is 3. The Morgan fingerprint density at radius 1 is 1.16 bits per heavy atom. The van der Waals surface area contributed by atoms with E-state index in [9.17, 15) is 5.11 Å². The minimum Gasteiger partial charge on any atom is -0.508 e. The summed E-state index contributed by atoms with van der Waals surface area (Å²) in [5.74, 6) is 0.307. The molecule has 0 amide bonds. The highest BCUT2D eigenvalue weighted by molar-refractivity contribution is 5.64. The quantitative estimate of drug-likeness (QED) is 0.685. The SMILES string of the molecule is CCCCCCC1CC=C(c2ccc(O)cc2)NN1. The van der Waals surface area contributed by atoms with Gasteiger partial charge in [0, 0.05) is 6.04 Å². The Balaban J connectivity index is 1.81. The first kappa shape index (κ1) is 13.9. The van der Waals surface area contributed by atoms with Gasteiger partial charge in [-0.1, -0.05) is 38.7 Å². The highest BCUT2D eigenvalue weighted by atomic mass is 16.3. The molecule has 1 aromatic rings. The average molecular weight is 260 g/mol. The number of benzene rings is 1. The Bertz CT molecular complexity index is 411. The molecule has 0 aliphatic carbocycles. The van der Waals surface area contributed by atoms with Crippen molar-refractivity contribution in [3.05, 3.63) is 35.9 Å². The number of hydrogen-bond donors (Lipinski definition) is 3. The molecule has 0 aromatic heterocycles. The van der Waals surface area contributed by atoms with Crippen LogP contribution in [0.25, 0.3) is 5.70 Å². The third-order valence-corrected chi connectivity index (χ3v) is 3.60. The van der Waals surface area contributed by atoms with E-state index in [0.717, 1.165) is 17.7 Å². The molecule has 104 valence electrons. The van der Waals surface area contributed by atoms with Gasteiger partial charge in [-0.05, 0) is 42.7 Å². The lowest BCUT2D eigenvalue weighted by atomic mass is 10.0. The molecule has 0 saturated heterocycles. The first-order chi connectivity index (χ1) is 9.29. The molecule has 1 heterocycles. The smallest absolute Gasteiger partial charge is 0.115 e. The van der Waals surface area contributed by atoms with Crippen LogP contribution in [0, 0.1) is 0 Å². The number of rotatable bonds is 6. The van der Waals surface area contributed by atoms with Gasteiger partial charge in [0.1, 0.15) is 5.75 Å². The lowest BCUT2D eigenvalue weighted by Crippen LogP contribution is -2.42. The lowest BCUT2D eigenvalue weighted by Gasteiger charge is -2.25. The summed E-state index contributed by atoms with van der Waals surface area (Å²) in [5, 5.41) is 9.28. The van der Waals surface area contributed by atoms with E-state index in [1.165, 1.54) is 32.1 Å². The Hall–Kier alpha value is -1.48. The van der Waals surface area contributed by atoms with Crippen LogP contribution in [0.1, 0.15) is 51.0 Å². The van der Waals surface area contributed by atoms with E-state index in [1.54, 1.807) is 12.1 Å². The van der Waals surface area contributed by atoms with Crippen LogP contribution in [-0.2, 0) is 0 Å². The summed E-state index contributed by atoms with van der Waals surface area (Å²) in [6.07, 6.45) is 9.81. The lowest BCUT2D eigenvalue weighted by molar-refractivity contribution is 0.422. The van der Waals surface area contributed by atoms with Crippen LogP contribution in [0.4, 0.5) is 0 Å². The van der Waals surface area contributed by atoms with Crippen molar-refractivity contribution in [3.63, 3.8) is 0 Å². The molecule has 2 rings (SSSR count). The maximum absolute atomic E-state index is 9.28. The number of nitrogens with one attached hydrogen (secondary N) is 2. The van der Waals surface area contributed by atoms with E-state index in [4.69, 9.17) is 0 Å². The highest BCUT2D eigenvalue weighted by Gasteiger charge is 2.13. The number of aromatic hydroxyl groups is 1. The third kappa shape index (κ3) is 4.28. The van der Waals surface area contributed by atoms with Crippen LogP contribution in [0.5, 0.6) is 5.75 Å². The molecule has 3 N–H and O–H groups in total. The summed E-state index contributed by atoms with van der Waals surface area (Å²) in [6.45, 7) is 2.24. The summed E-state index contributed by atoms with van der Waals surface area (Å²) in [6, 6.07) is 7.83. The molecule has 0 fully saturated rings. The Morgan fingerprint density at radius 2 is 1.95 bits per heavy atom. The number of phenolic OH excluding ortho intramolecular Hbond substituents is 1. The van der Waals surface area contributed by atoms with Crippen LogP contribution < -0.4 is 10.9 Å². The second-order valence-corrected chi connectivity index (χ2v) is 5.22. The molecule has 3 nitrogen and oxygen atoms in total. The Kier molecular flexibility index (Phi) is 5.28. The molecular formula is C16H24N2O. The van der Waals surface area contributed by atoms with Gasteiger partial charge in [0.2, 0.25) is 0 Å². The molecule has 0 radical (unpaired) electrons. The van der Waals surface area contributed by atoms with Crippen molar-refractivity contribution in [2.75, 3.05) is 0 Å². The highest BCUT2D eigenvalue weighted by Crippen LogP contribution is 2.20. The maximum Gasteiger partial charge on any atom is 0.115 e. The molecule has 1 aliphatic heterocycles. The van der Waals surface area contributed by atoms with Gasteiger partial charge < -0.3 is 10.5 Å². The summed E-state index contributed by atoms with van der Waals surface area (Å²) in [7, 11) is 0. The van der Waals surface area contributed by atoms with Crippen LogP contribution in [-0.4, -0.2) is 11.1 Å². The van der Waals surface area contributed by atoms with E-state index in [0.29, 0.717) is 11.8 Å². The molecule has 0 bridgehead atoms. The van der Waals surface area contributed by atoms with Gasteiger partial charge in [-0.3, -0.25) is 0 Å². The second kappa shape index (κ2) is 7.19. The molecule has 3 heteroatoms. The summed E-state index contributed by atoms with van der Waals surface area (Å²) in [4.78, 5) is 0. The van der Waals surface area contributed by atoms with Gasteiger partial charge in [0.05, 0.1) is 5.70 Å². The fourth-order valence-electron chi connectivity index (χ4n) is 2.39. The van der Waals surface area contributed by atoms with Gasteiger partial charge in [0.15, 0.2) is 0 Å². The summed E-state index contributed by atoms with van der Waals surface area (Å²) in [5.41, 5.74) is 8.86. The number of hydrazine groups is 1. The van der Waals surface area contributed by atoms with Crippen molar-refractivity contribution in [2.45, 2.75) is 51.5 Å². The van der Waals surface area contributed by atoms with Crippen LogP contribution >= 0.6 is 0 Å². The average Bonchev–Trinajstić information content (AvgIpc) is 2.45. The van der Waals surface area contributed by atoms with E-state index in [1.807, 2.05) is 12.1 Å². The van der Waals surface area contributed by atoms with Gasteiger partial charge in [-0.25, -0.2) is 5.43 Å². The molecular weight excluding hydrogens is 236 g/mol. The van der Waals surface area contributed by atoms with Crippen molar-refractivity contribution in [1.29, 1.82) is 0 Å². The zero-order valence-corrected chi connectivity index (χ0v) is 11.7. The van der Waals surface area contributed by atoms with E-state index >= 15 is 0 Å². The largest absolute Gasteiger partial charge is 0.508 e. The Morgan fingerprint density at radius 3 is 2.58 bits per heavy atom. The molecule has 19 heavy (non-hydrogen) atoms. The van der Waals surface area contributed by atoms with Crippen molar-refractivity contribution in [1.82, 2.24) is 10.9 Å². The third-order valence-electron chi connectivity index (χ3n) is 3.60. The number of phenols is 1. The molecule has 1 unspecified atom stereocenters. The summed E-state index contributed by atoms with van der Waals surface area (Å²) >= 11 is 0. The fraction of sp³-hybridized carbons (Fsp3) is 0.500. The van der Waals surface area contributed by atoms with Gasteiger partial charge in [-0.2, -0.15) is 0 Å². The minimum absolute atomic E-state index is 0.307. The molecule has 0 saturated carbocycles. The van der Waals surface area contributed by atoms with E-state index < -0.39 is 0 Å². The van der Waals surface area contributed by atoms with Crippen molar-refractivity contribution in [3.8, 4) is 5.75 Å². The zero-order valence-electron chi connectivity index (χ0n) is 11.7. The zero-order chi connectivity index (χ0) is 13.5. The van der Waals surface area contributed by atoms with Crippen molar-refractivity contribution >= 4 is 5.70 Å². The molecule has 1 atom stereocenters. The second-order valence-electron chi connectivity index (χ2n) is 5.22. The van der Waals surface area contributed by atoms with Crippen molar-refractivity contribution < 1.29 is 5.11 Å². The van der Waals surface area contributed by atoms with Crippen molar-refractivity contribution in [2.24, 2.45) is 0 Å². The monoisotopic (exact) mass is 260 g/mol. The first-order valence-electron chi connectivity index (χ1n) is 7.30. The van der Waals surface area contributed by atoms with Crippen LogP contribution in [0.2, 0.25) is 0 Å². The predicted octanol–water partition coefficient (Wildman–Crippen LogP) is 3.57. The van der Waals surface area contributed by atoms with Crippen LogP contribution in [0.3, 0.4) is 0 Å². The number of hydrogen-bond acceptors (Lipinski definition) is 3. The standard InChI is InChI=1S/C16H24N2O/c1-2-3-4-5-6-14-9-12-16(18-17-14)13-7-10-15(19)11-8-13/h7-8,10-12,14,17-19H,2-6,9H2,1H3. The van der Waals surface area contributed by atoms with E-state index in [2.05, 4.69) is 23.9 Å². The first-order valence-corrected chi connectivity index (χ1v) is 7.30. The Labute approximate surface area is 115 Å². The maximum atomic E-state index is 9.28. The molecule has 1 aliphatic rings. The van der Waals surface area contributed by atoms with Gasteiger partial charge in [-0.15, -0.1) is 0 Å².